The van der Waals surface area contributed by atoms with Gasteiger partial charge in [-0.3, -0.25) is 0 Å². The molecular weight excluding hydrogens is 192 g/mol. The molecule has 0 unspecified atom stereocenters. The van der Waals surface area contributed by atoms with Crippen molar-refractivity contribution in [1.29, 1.82) is 0 Å². The molecule has 16 heavy (non-hydrogen) atoms. The number of hydrogen-bond acceptors (Lipinski definition) is 0. The average Bonchev–Trinajstić information content (AvgIpc) is 2.21. The van der Waals surface area contributed by atoms with Gasteiger partial charge in [0.25, 0.3) is 0 Å². The van der Waals surface area contributed by atoms with Crippen molar-refractivity contribution in [2.24, 2.45) is 0 Å². The summed E-state index contributed by atoms with van der Waals surface area (Å²) in [6, 6.07) is 6.64. The Morgan fingerprint density at radius 2 is 1.75 bits per heavy atom. The highest BCUT2D eigenvalue weighted by molar-refractivity contribution is 5.68. The molecule has 0 heteroatoms. The first-order chi connectivity index (χ1) is 7.52. The molecule has 0 N–H and O–H groups in total. The van der Waals surface area contributed by atoms with Crippen LogP contribution >= 0.6 is 0 Å². The van der Waals surface area contributed by atoms with Crippen molar-refractivity contribution in [3.8, 4) is 0 Å². The highest BCUT2D eigenvalue weighted by Crippen LogP contribution is 2.19. The minimum atomic E-state index is 1.11. The summed E-state index contributed by atoms with van der Waals surface area (Å²) in [4.78, 5) is 0. The van der Waals surface area contributed by atoms with Gasteiger partial charge < -0.3 is 0 Å². The molecule has 0 fully saturated rings. The number of rotatable bonds is 3. The van der Waals surface area contributed by atoms with E-state index in [1.54, 1.807) is 0 Å². The monoisotopic (exact) mass is 214 g/mol. The number of allylic oxidation sites excluding steroid dienone is 2. The van der Waals surface area contributed by atoms with Crippen molar-refractivity contribution in [2.45, 2.75) is 41.0 Å². The number of hydrogen-bond donors (Lipinski definition) is 0. The fraction of sp³-hybridized carbons (Fsp3) is 0.375. The minimum absolute atomic E-state index is 1.11. The molecule has 0 aromatic heterocycles. The Hall–Kier alpha value is -1.30. The Morgan fingerprint density at radius 3 is 2.31 bits per heavy atom. The molecule has 0 nitrogen and oxygen atoms in total. The van der Waals surface area contributed by atoms with Crippen molar-refractivity contribution in [2.75, 3.05) is 0 Å². The van der Waals surface area contributed by atoms with Gasteiger partial charge in [-0.15, -0.1) is 0 Å². The normalized spacial score (nSPS) is 11.4. The van der Waals surface area contributed by atoms with Crippen molar-refractivity contribution in [3.63, 3.8) is 0 Å². The molecule has 0 aliphatic rings. The minimum Gasteiger partial charge on any atom is -0.0758 e. The molecule has 1 aromatic carbocycles. The molecule has 0 aliphatic carbocycles. The van der Waals surface area contributed by atoms with E-state index < -0.39 is 0 Å². The SMILES string of the molecule is CC/C(C)=C\c1ccc(C)cc1C=C(C)C. The van der Waals surface area contributed by atoms with Crippen molar-refractivity contribution in [1.82, 2.24) is 0 Å². The summed E-state index contributed by atoms with van der Waals surface area (Å²) in [5, 5.41) is 0. The molecule has 1 rings (SSSR count). The van der Waals surface area contributed by atoms with Crippen molar-refractivity contribution in [3.05, 3.63) is 46.0 Å². The van der Waals surface area contributed by atoms with Gasteiger partial charge in [-0.1, -0.05) is 54.0 Å². The smallest absolute Gasteiger partial charge is 0.0182 e. The summed E-state index contributed by atoms with van der Waals surface area (Å²) in [7, 11) is 0. The molecule has 0 atom stereocenters. The molecule has 0 saturated carbocycles. The second kappa shape index (κ2) is 5.69. The maximum absolute atomic E-state index is 2.29. The molecular formula is C16H22. The molecule has 0 saturated heterocycles. The molecule has 0 bridgehead atoms. The Balaban J connectivity index is 3.23. The summed E-state index contributed by atoms with van der Waals surface area (Å²) < 4.78 is 0. The zero-order valence-electron chi connectivity index (χ0n) is 11.1. The summed E-state index contributed by atoms with van der Waals surface area (Å²) in [6.45, 7) is 10.8. The predicted octanol–water partition coefficient (Wildman–Crippen LogP) is 5.23. The summed E-state index contributed by atoms with van der Waals surface area (Å²) in [6.07, 6.45) is 5.65. The second-order valence-electron chi connectivity index (χ2n) is 4.70. The van der Waals surface area contributed by atoms with Crippen LogP contribution in [0.15, 0.2) is 29.3 Å². The van der Waals surface area contributed by atoms with Crippen LogP contribution in [0.5, 0.6) is 0 Å². The van der Waals surface area contributed by atoms with Crippen LogP contribution in [0.1, 0.15) is 50.8 Å². The van der Waals surface area contributed by atoms with Gasteiger partial charge in [-0.05, 0) is 45.2 Å². The Kier molecular flexibility index (Phi) is 4.54. The van der Waals surface area contributed by atoms with E-state index in [1.165, 1.54) is 27.8 Å². The van der Waals surface area contributed by atoms with E-state index in [-0.39, 0.29) is 0 Å². The fourth-order valence-corrected chi connectivity index (χ4v) is 1.63. The summed E-state index contributed by atoms with van der Waals surface area (Å²) in [5.74, 6) is 0. The van der Waals surface area contributed by atoms with Gasteiger partial charge in [0.05, 0.1) is 0 Å². The lowest BCUT2D eigenvalue weighted by Gasteiger charge is -2.05. The molecule has 0 radical (unpaired) electrons. The van der Waals surface area contributed by atoms with Crippen molar-refractivity contribution >= 4 is 12.2 Å². The van der Waals surface area contributed by atoms with Gasteiger partial charge in [0, 0.05) is 0 Å². The van der Waals surface area contributed by atoms with E-state index in [2.05, 4.69) is 65.0 Å². The maximum Gasteiger partial charge on any atom is -0.0182 e. The Bertz CT molecular complexity index is 416. The van der Waals surface area contributed by atoms with Crippen LogP contribution in [0.4, 0.5) is 0 Å². The van der Waals surface area contributed by atoms with Gasteiger partial charge in [0.1, 0.15) is 0 Å². The lowest BCUT2D eigenvalue weighted by Crippen LogP contribution is -1.85. The van der Waals surface area contributed by atoms with Crippen LogP contribution in [-0.4, -0.2) is 0 Å². The van der Waals surface area contributed by atoms with Crippen LogP contribution < -0.4 is 0 Å². The van der Waals surface area contributed by atoms with E-state index in [1.807, 2.05) is 0 Å². The van der Waals surface area contributed by atoms with Crippen LogP contribution in [0.25, 0.3) is 12.2 Å². The molecule has 0 spiro atoms. The highest BCUT2D eigenvalue weighted by Gasteiger charge is 1.98. The highest BCUT2D eigenvalue weighted by atomic mass is 14.0. The van der Waals surface area contributed by atoms with E-state index in [0.29, 0.717) is 0 Å². The lowest BCUT2D eigenvalue weighted by atomic mass is 10.00. The molecule has 86 valence electrons. The molecule has 0 amide bonds. The lowest BCUT2D eigenvalue weighted by molar-refractivity contribution is 1.11. The summed E-state index contributed by atoms with van der Waals surface area (Å²) in [5.41, 5.74) is 6.74. The third-order valence-corrected chi connectivity index (χ3v) is 2.65. The molecule has 0 aliphatic heterocycles. The van der Waals surface area contributed by atoms with Gasteiger partial charge in [-0.2, -0.15) is 0 Å². The third-order valence-electron chi connectivity index (χ3n) is 2.65. The van der Waals surface area contributed by atoms with E-state index in [9.17, 15) is 0 Å². The quantitative estimate of drug-likeness (QED) is 0.646. The van der Waals surface area contributed by atoms with Gasteiger partial charge >= 0.3 is 0 Å². The van der Waals surface area contributed by atoms with E-state index in [4.69, 9.17) is 0 Å². The number of benzene rings is 1. The first kappa shape index (κ1) is 12.8. The van der Waals surface area contributed by atoms with Crippen LogP contribution in [0.3, 0.4) is 0 Å². The first-order valence-corrected chi connectivity index (χ1v) is 5.95. The average molecular weight is 214 g/mol. The van der Waals surface area contributed by atoms with E-state index in [0.717, 1.165) is 6.42 Å². The number of aryl methyl sites for hydroxylation is 1. The Morgan fingerprint density at radius 1 is 1.06 bits per heavy atom. The fourth-order valence-electron chi connectivity index (χ4n) is 1.63. The van der Waals surface area contributed by atoms with Gasteiger partial charge in [0.15, 0.2) is 0 Å². The topological polar surface area (TPSA) is 0 Å². The first-order valence-electron chi connectivity index (χ1n) is 5.95. The van der Waals surface area contributed by atoms with E-state index >= 15 is 0 Å². The van der Waals surface area contributed by atoms with Crippen molar-refractivity contribution < 1.29 is 0 Å². The standard InChI is InChI=1S/C16H22/c1-6-13(4)10-15-8-7-14(5)11-16(15)9-12(2)3/h7-11H,6H2,1-5H3/b13-10-. The molecule has 1 aromatic rings. The molecule has 0 heterocycles. The maximum atomic E-state index is 2.29. The van der Waals surface area contributed by atoms with Crippen LogP contribution in [-0.2, 0) is 0 Å². The van der Waals surface area contributed by atoms with Gasteiger partial charge in [-0.25, -0.2) is 0 Å². The summed E-state index contributed by atoms with van der Waals surface area (Å²) >= 11 is 0. The Labute approximate surface area is 99.7 Å². The van der Waals surface area contributed by atoms with Crippen LogP contribution in [0.2, 0.25) is 0 Å². The largest absolute Gasteiger partial charge is 0.0758 e. The second-order valence-corrected chi connectivity index (χ2v) is 4.70. The van der Waals surface area contributed by atoms with Gasteiger partial charge in [0.2, 0.25) is 0 Å². The predicted molar refractivity (Wildman–Crippen MR) is 74.4 cm³/mol. The zero-order valence-corrected chi connectivity index (χ0v) is 11.1. The third kappa shape index (κ3) is 3.69. The van der Waals surface area contributed by atoms with Crippen LogP contribution in [0, 0.1) is 6.92 Å². The zero-order chi connectivity index (χ0) is 12.1.